The standard InChI is InChI=1S/C23H23ClN6O2/c1-14(27-18-5-8-26-30-10-9-25-22(18)30)19-13-15-3-2-4-17(24)20(15)21(29-19)23(31)28-16-6-11-32-12-7-16/h2-5,8-10,13-14,16,27H,6-7,11-12H2,1H3,(H,28,31). The highest BCUT2D eigenvalue weighted by Gasteiger charge is 2.22. The van der Waals surface area contributed by atoms with Crippen molar-refractivity contribution in [3.05, 3.63) is 65.3 Å². The SMILES string of the molecule is CC(Nc1ccnn2ccnc12)c1cc2cccc(Cl)c2c(C(=O)NC2CCOCC2)n1. The highest BCUT2D eigenvalue weighted by Crippen LogP contribution is 2.30. The summed E-state index contributed by atoms with van der Waals surface area (Å²) in [6.07, 6.45) is 6.78. The molecule has 4 aromatic rings. The number of imidazole rings is 1. The lowest BCUT2D eigenvalue weighted by molar-refractivity contribution is 0.0695. The minimum absolute atomic E-state index is 0.0698. The normalized spacial score (nSPS) is 15.7. The molecule has 1 unspecified atom stereocenters. The number of carbonyl (C=O) groups is 1. The van der Waals surface area contributed by atoms with E-state index in [1.54, 1.807) is 29.2 Å². The van der Waals surface area contributed by atoms with Crippen molar-refractivity contribution in [1.82, 2.24) is 24.9 Å². The molecule has 3 aromatic heterocycles. The molecular formula is C23H23ClN6O2. The van der Waals surface area contributed by atoms with Gasteiger partial charge < -0.3 is 15.4 Å². The van der Waals surface area contributed by atoms with E-state index in [4.69, 9.17) is 21.3 Å². The Bertz CT molecular complexity index is 1280. The second-order valence-corrected chi connectivity index (χ2v) is 8.31. The second kappa shape index (κ2) is 8.72. The van der Waals surface area contributed by atoms with E-state index in [0.29, 0.717) is 29.3 Å². The molecule has 2 N–H and O–H groups in total. The molecule has 5 rings (SSSR count). The zero-order chi connectivity index (χ0) is 22.1. The van der Waals surface area contributed by atoms with E-state index < -0.39 is 0 Å². The molecule has 1 saturated heterocycles. The Morgan fingerprint density at radius 1 is 1.25 bits per heavy atom. The van der Waals surface area contributed by atoms with E-state index in [1.165, 1.54) is 0 Å². The molecular weight excluding hydrogens is 428 g/mol. The van der Waals surface area contributed by atoms with Crippen LogP contribution >= 0.6 is 11.6 Å². The number of hydrogen-bond acceptors (Lipinski definition) is 6. The lowest BCUT2D eigenvalue weighted by atomic mass is 10.0. The fraction of sp³-hybridized carbons (Fsp3) is 0.304. The number of halogens is 1. The third kappa shape index (κ3) is 3.99. The van der Waals surface area contributed by atoms with Crippen molar-refractivity contribution in [2.75, 3.05) is 18.5 Å². The summed E-state index contributed by atoms with van der Waals surface area (Å²) in [4.78, 5) is 22.4. The number of ether oxygens (including phenoxy) is 1. The predicted octanol–water partition coefficient (Wildman–Crippen LogP) is 4.01. The first-order valence-corrected chi connectivity index (χ1v) is 11.0. The van der Waals surface area contributed by atoms with Crippen LogP contribution in [0.2, 0.25) is 5.02 Å². The molecule has 8 nitrogen and oxygen atoms in total. The van der Waals surface area contributed by atoms with Gasteiger partial charge in [-0.05, 0) is 43.4 Å². The Morgan fingerprint density at radius 3 is 2.94 bits per heavy atom. The Hall–Kier alpha value is -3.23. The Labute approximate surface area is 190 Å². The number of hydrogen-bond donors (Lipinski definition) is 2. The van der Waals surface area contributed by atoms with E-state index in [9.17, 15) is 4.79 Å². The van der Waals surface area contributed by atoms with Crippen LogP contribution in [0, 0.1) is 0 Å². The van der Waals surface area contributed by atoms with Gasteiger partial charge in [0.1, 0.15) is 5.69 Å². The van der Waals surface area contributed by atoms with Gasteiger partial charge in [0.05, 0.1) is 28.6 Å². The fourth-order valence-corrected chi connectivity index (χ4v) is 4.30. The first-order valence-electron chi connectivity index (χ1n) is 10.6. The van der Waals surface area contributed by atoms with Crippen LogP contribution in [0.25, 0.3) is 16.4 Å². The van der Waals surface area contributed by atoms with Gasteiger partial charge in [-0.25, -0.2) is 14.5 Å². The molecule has 0 spiro atoms. The van der Waals surface area contributed by atoms with Gasteiger partial charge in [-0.15, -0.1) is 0 Å². The number of benzene rings is 1. The molecule has 1 aliphatic rings. The topological polar surface area (TPSA) is 93.4 Å². The molecule has 1 amide bonds. The van der Waals surface area contributed by atoms with Gasteiger partial charge in [0, 0.05) is 37.0 Å². The second-order valence-electron chi connectivity index (χ2n) is 7.90. The summed E-state index contributed by atoms with van der Waals surface area (Å²) in [6, 6.07) is 9.33. The molecule has 0 aliphatic carbocycles. The average Bonchev–Trinajstić information content (AvgIpc) is 3.29. The van der Waals surface area contributed by atoms with Crippen LogP contribution in [0.5, 0.6) is 0 Å². The van der Waals surface area contributed by atoms with Crippen molar-refractivity contribution >= 4 is 39.6 Å². The average molecular weight is 451 g/mol. The van der Waals surface area contributed by atoms with Gasteiger partial charge in [0.15, 0.2) is 5.65 Å². The zero-order valence-electron chi connectivity index (χ0n) is 17.6. The summed E-state index contributed by atoms with van der Waals surface area (Å²) < 4.78 is 7.10. The molecule has 1 aliphatic heterocycles. The van der Waals surface area contributed by atoms with E-state index in [-0.39, 0.29) is 18.0 Å². The number of aromatic nitrogens is 4. The highest BCUT2D eigenvalue weighted by atomic mass is 35.5. The Kier molecular flexibility index (Phi) is 5.63. The lowest BCUT2D eigenvalue weighted by Gasteiger charge is -2.23. The number of nitrogens with zero attached hydrogens (tertiary/aromatic N) is 4. The van der Waals surface area contributed by atoms with Crippen LogP contribution in [0.4, 0.5) is 5.69 Å². The molecule has 0 saturated carbocycles. The maximum Gasteiger partial charge on any atom is 0.270 e. The smallest absolute Gasteiger partial charge is 0.270 e. The van der Waals surface area contributed by atoms with Crippen LogP contribution in [-0.2, 0) is 4.74 Å². The molecule has 1 aromatic carbocycles. The Morgan fingerprint density at radius 2 is 2.09 bits per heavy atom. The Balaban J connectivity index is 1.50. The summed E-state index contributed by atoms with van der Waals surface area (Å²) in [7, 11) is 0. The van der Waals surface area contributed by atoms with Crippen LogP contribution in [0.15, 0.2) is 48.9 Å². The molecule has 32 heavy (non-hydrogen) atoms. The number of fused-ring (bicyclic) bond motifs is 2. The van der Waals surface area contributed by atoms with Gasteiger partial charge in [-0.3, -0.25) is 4.79 Å². The number of nitrogens with one attached hydrogen (secondary N) is 2. The molecule has 0 bridgehead atoms. The first kappa shape index (κ1) is 20.7. The molecule has 1 fully saturated rings. The minimum atomic E-state index is -0.219. The molecule has 1 atom stereocenters. The van der Waals surface area contributed by atoms with E-state index in [0.717, 1.165) is 35.3 Å². The highest BCUT2D eigenvalue weighted by molar-refractivity contribution is 6.36. The van der Waals surface area contributed by atoms with Crippen molar-refractivity contribution in [3.8, 4) is 0 Å². The van der Waals surface area contributed by atoms with Gasteiger partial charge in [0.25, 0.3) is 5.91 Å². The number of carbonyl (C=O) groups excluding carboxylic acids is 1. The maximum absolute atomic E-state index is 13.2. The lowest BCUT2D eigenvalue weighted by Crippen LogP contribution is -2.39. The first-order chi connectivity index (χ1) is 15.6. The number of anilines is 1. The van der Waals surface area contributed by atoms with Crippen LogP contribution in [-0.4, -0.2) is 44.7 Å². The van der Waals surface area contributed by atoms with Gasteiger partial charge >= 0.3 is 0 Å². The maximum atomic E-state index is 13.2. The van der Waals surface area contributed by atoms with Crippen LogP contribution in [0.3, 0.4) is 0 Å². The van der Waals surface area contributed by atoms with E-state index in [2.05, 4.69) is 20.7 Å². The van der Waals surface area contributed by atoms with Crippen LogP contribution in [0.1, 0.15) is 42.0 Å². The fourth-order valence-electron chi connectivity index (χ4n) is 4.03. The summed E-state index contributed by atoms with van der Waals surface area (Å²) >= 11 is 6.49. The van der Waals surface area contributed by atoms with Crippen molar-refractivity contribution in [1.29, 1.82) is 0 Å². The molecule has 9 heteroatoms. The summed E-state index contributed by atoms with van der Waals surface area (Å²) in [5.74, 6) is -0.219. The third-order valence-electron chi connectivity index (χ3n) is 5.71. The third-order valence-corrected chi connectivity index (χ3v) is 6.02. The van der Waals surface area contributed by atoms with Crippen molar-refractivity contribution in [2.24, 2.45) is 0 Å². The number of pyridine rings is 1. The largest absolute Gasteiger partial charge is 0.381 e. The van der Waals surface area contributed by atoms with Gasteiger partial charge in [0.2, 0.25) is 0 Å². The van der Waals surface area contributed by atoms with Gasteiger partial charge in [-0.1, -0.05) is 23.7 Å². The summed E-state index contributed by atoms with van der Waals surface area (Å²) in [5, 5.41) is 12.8. The number of rotatable bonds is 5. The van der Waals surface area contributed by atoms with E-state index >= 15 is 0 Å². The van der Waals surface area contributed by atoms with E-state index in [1.807, 2.05) is 31.2 Å². The predicted molar refractivity (Wildman–Crippen MR) is 123 cm³/mol. The quantitative estimate of drug-likeness (QED) is 0.477. The summed E-state index contributed by atoms with van der Waals surface area (Å²) in [6.45, 7) is 3.29. The summed E-state index contributed by atoms with van der Waals surface area (Å²) in [5.41, 5.74) is 2.63. The van der Waals surface area contributed by atoms with Gasteiger partial charge in [-0.2, -0.15) is 5.10 Å². The minimum Gasteiger partial charge on any atom is -0.381 e. The molecule has 4 heterocycles. The van der Waals surface area contributed by atoms with Crippen LogP contribution < -0.4 is 10.6 Å². The van der Waals surface area contributed by atoms with Crippen molar-refractivity contribution in [2.45, 2.75) is 31.8 Å². The number of amides is 1. The molecule has 0 radical (unpaired) electrons. The zero-order valence-corrected chi connectivity index (χ0v) is 18.3. The monoisotopic (exact) mass is 450 g/mol. The van der Waals surface area contributed by atoms with Crippen molar-refractivity contribution in [3.63, 3.8) is 0 Å². The molecule has 164 valence electrons. The van der Waals surface area contributed by atoms with Crippen molar-refractivity contribution < 1.29 is 9.53 Å².